The van der Waals surface area contributed by atoms with E-state index in [1.165, 1.54) is 0 Å². The van der Waals surface area contributed by atoms with Gasteiger partial charge in [-0.3, -0.25) is 4.79 Å². The van der Waals surface area contributed by atoms with Crippen LogP contribution in [0.1, 0.15) is 29.1 Å². The first-order valence-corrected chi connectivity index (χ1v) is 7.40. The van der Waals surface area contributed by atoms with Gasteiger partial charge in [-0.25, -0.2) is 0 Å². The Morgan fingerprint density at radius 2 is 2.05 bits per heavy atom. The number of amides is 1. The molecule has 2 rings (SSSR count). The molecule has 0 aliphatic carbocycles. The Kier molecular flexibility index (Phi) is 5.22. The molecule has 2 aromatic rings. The van der Waals surface area contributed by atoms with Gasteiger partial charge in [-0.2, -0.15) is 0 Å². The molecule has 4 nitrogen and oxygen atoms in total. The van der Waals surface area contributed by atoms with Crippen LogP contribution in [0.15, 0.2) is 58.1 Å². The van der Waals surface area contributed by atoms with Crippen molar-refractivity contribution >= 4 is 27.5 Å². The van der Waals surface area contributed by atoms with Gasteiger partial charge in [0.2, 0.25) is 0 Å². The Morgan fingerprint density at radius 3 is 2.62 bits per heavy atom. The molecule has 0 radical (unpaired) electrons. The predicted octanol–water partition coefficient (Wildman–Crippen LogP) is 4.13. The van der Waals surface area contributed by atoms with Crippen LogP contribution in [0.3, 0.4) is 0 Å². The summed E-state index contributed by atoms with van der Waals surface area (Å²) in [5.41, 5.74) is 1.55. The molecule has 0 spiro atoms. The molecule has 0 fully saturated rings. The first kappa shape index (κ1) is 15.4. The summed E-state index contributed by atoms with van der Waals surface area (Å²) in [4.78, 5) is 11.8. The van der Waals surface area contributed by atoms with Crippen molar-refractivity contribution in [2.45, 2.75) is 13.0 Å². The molecule has 2 N–H and O–H groups in total. The number of hydrogen-bond acceptors (Lipinski definition) is 3. The zero-order valence-electron chi connectivity index (χ0n) is 11.7. The van der Waals surface area contributed by atoms with Crippen LogP contribution >= 0.6 is 15.9 Å². The molecule has 0 aliphatic heterocycles. The minimum absolute atomic E-state index is 0.0387. The summed E-state index contributed by atoms with van der Waals surface area (Å²) >= 11 is 3.29. The minimum Gasteiger partial charge on any atom is -0.452 e. The summed E-state index contributed by atoms with van der Waals surface area (Å²) < 4.78 is 6.21. The van der Waals surface area contributed by atoms with E-state index < -0.39 is 0 Å². The van der Waals surface area contributed by atoms with Crippen LogP contribution in [-0.4, -0.2) is 12.5 Å². The number of carbonyl (C=O) groups is 1. The van der Waals surface area contributed by atoms with Crippen molar-refractivity contribution in [3.63, 3.8) is 0 Å². The summed E-state index contributed by atoms with van der Waals surface area (Å²) in [6.45, 7) is 6.04. The summed E-state index contributed by atoms with van der Waals surface area (Å²) in [7, 11) is 0. The van der Waals surface area contributed by atoms with Gasteiger partial charge in [0.05, 0.1) is 6.04 Å². The normalized spacial score (nSPS) is 11.7. The van der Waals surface area contributed by atoms with Crippen molar-refractivity contribution in [2.24, 2.45) is 0 Å². The lowest BCUT2D eigenvalue weighted by Crippen LogP contribution is -2.23. The standard InChI is InChI=1S/C16H17BrN2O2/c1-3-10-18-16(20)12-4-6-13(7-5-12)19-11(2)14-8-9-15(17)21-14/h3-9,11,19H,1,10H2,2H3,(H,18,20). The molecule has 1 unspecified atom stereocenters. The number of rotatable bonds is 6. The number of benzene rings is 1. The SMILES string of the molecule is C=CCNC(=O)c1ccc(NC(C)c2ccc(Br)o2)cc1. The van der Waals surface area contributed by atoms with E-state index in [0.717, 1.165) is 11.4 Å². The van der Waals surface area contributed by atoms with Crippen LogP contribution in [0.2, 0.25) is 0 Å². The van der Waals surface area contributed by atoms with Gasteiger partial charge in [0.25, 0.3) is 5.91 Å². The van der Waals surface area contributed by atoms with Crippen molar-refractivity contribution in [3.05, 3.63) is 65.0 Å². The topological polar surface area (TPSA) is 54.3 Å². The van der Waals surface area contributed by atoms with Gasteiger partial charge < -0.3 is 15.1 Å². The minimum atomic E-state index is -0.107. The van der Waals surface area contributed by atoms with Crippen LogP contribution in [0.25, 0.3) is 0 Å². The second kappa shape index (κ2) is 7.13. The molecular formula is C16H17BrN2O2. The average molecular weight is 349 g/mol. The number of halogens is 1. The first-order chi connectivity index (χ1) is 10.1. The van der Waals surface area contributed by atoms with Crippen LogP contribution < -0.4 is 10.6 Å². The third kappa shape index (κ3) is 4.23. The predicted molar refractivity (Wildman–Crippen MR) is 87.4 cm³/mol. The van der Waals surface area contributed by atoms with Crippen LogP contribution in [-0.2, 0) is 0 Å². The van der Waals surface area contributed by atoms with E-state index in [-0.39, 0.29) is 11.9 Å². The molecule has 0 aliphatic rings. The fourth-order valence-electron chi connectivity index (χ4n) is 1.87. The van der Waals surface area contributed by atoms with Gasteiger partial charge in [0.15, 0.2) is 4.67 Å². The van der Waals surface area contributed by atoms with E-state index in [9.17, 15) is 4.79 Å². The molecule has 21 heavy (non-hydrogen) atoms. The molecule has 1 heterocycles. The maximum atomic E-state index is 11.8. The number of anilines is 1. The van der Waals surface area contributed by atoms with Gasteiger partial charge in [-0.15, -0.1) is 6.58 Å². The van der Waals surface area contributed by atoms with Crippen molar-refractivity contribution < 1.29 is 9.21 Å². The fraction of sp³-hybridized carbons (Fsp3) is 0.188. The summed E-state index contributed by atoms with van der Waals surface area (Å²) in [5.74, 6) is 0.735. The van der Waals surface area contributed by atoms with Crippen LogP contribution in [0.4, 0.5) is 5.69 Å². The highest BCUT2D eigenvalue weighted by Gasteiger charge is 2.10. The van der Waals surface area contributed by atoms with Gasteiger partial charge in [0, 0.05) is 17.8 Å². The van der Waals surface area contributed by atoms with E-state index in [4.69, 9.17) is 4.42 Å². The lowest BCUT2D eigenvalue weighted by Gasteiger charge is -2.13. The zero-order valence-corrected chi connectivity index (χ0v) is 13.3. The lowest BCUT2D eigenvalue weighted by molar-refractivity contribution is 0.0958. The Balaban J connectivity index is 1.99. The lowest BCUT2D eigenvalue weighted by atomic mass is 10.1. The van der Waals surface area contributed by atoms with Crippen LogP contribution in [0.5, 0.6) is 0 Å². The first-order valence-electron chi connectivity index (χ1n) is 6.61. The average Bonchev–Trinajstić information content (AvgIpc) is 2.92. The van der Waals surface area contributed by atoms with Gasteiger partial charge in [-0.05, 0) is 59.3 Å². The summed E-state index contributed by atoms with van der Waals surface area (Å²) in [6, 6.07) is 11.1. The molecule has 1 aromatic carbocycles. The highest BCUT2D eigenvalue weighted by atomic mass is 79.9. The molecular weight excluding hydrogens is 332 g/mol. The number of carbonyl (C=O) groups excluding carboxylic acids is 1. The van der Waals surface area contributed by atoms with Gasteiger partial charge in [-0.1, -0.05) is 6.08 Å². The molecule has 110 valence electrons. The fourth-order valence-corrected chi connectivity index (χ4v) is 2.19. The summed E-state index contributed by atoms with van der Waals surface area (Å²) in [5, 5.41) is 6.06. The molecule has 0 saturated heterocycles. The van der Waals surface area contributed by atoms with E-state index in [1.54, 1.807) is 18.2 Å². The van der Waals surface area contributed by atoms with E-state index >= 15 is 0 Å². The number of hydrogen-bond donors (Lipinski definition) is 2. The van der Waals surface area contributed by atoms with Crippen molar-refractivity contribution in [1.82, 2.24) is 5.32 Å². The largest absolute Gasteiger partial charge is 0.452 e. The molecule has 5 heteroatoms. The smallest absolute Gasteiger partial charge is 0.251 e. The van der Waals surface area contributed by atoms with Gasteiger partial charge >= 0.3 is 0 Å². The summed E-state index contributed by atoms with van der Waals surface area (Å²) in [6.07, 6.45) is 1.65. The quantitative estimate of drug-likeness (QED) is 0.771. The Labute approximate surface area is 132 Å². The third-order valence-corrected chi connectivity index (χ3v) is 3.38. The van der Waals surface area contributed by atoms with Crippen molar-refractivity contribution in [1.29, 1.82) is 0 Å². The van der Waals surface area contributed by atoms with E-state index in [0.29, 0.717) is 16.8 Å². The second-order valence-corrected chi connectivity index (χ2v) is 5.37. The van der Waals surface area contributed by atoms with Gasteiger partial charge in [0.1, 0.15) is 5.76 Å². The molecule has 0 saturated carbocycles. The maximum absolute atomic E-state index is 11.8. The van der Waals surface area contributed by atoms with Crippen LogP contribution in [0, 0.1) is 0 Å². The molecule has 1 atom stereocenters. The molecule has 1 amide bonds. The maximum Gasteiger partial charge on any atom is 0.251 e. The van der Waals surface area contributed by atoms with Crippen molar-refractivity contribution in [2.75, 3.05) is 11.9 Å². The number of furan rings is 1. The van der Waals surface area contributed by atoms with E-state index in [2.05, 4.69) is 33.1 Å². The Bertz CT molecular complexity index is 619. The monoisotopic (exact) mass is 348 g/mol. The highest BCUT2D eigenvalue weighted by molar-refractivity contribution is 9.10. The third-order valence-electron chi connectivity index (χ3n) is 2.96. The number of nitrogens with one attached hydrogen (secondary N) is 2. The van der Waals surface area contributed by atoms with Crippen molar-refractivity contribution in [3.8, 4) is 0 Å². The van der Waals surface area contributed by atoms with E-state index in [1.807, 2.05) is 31.2 Å². The Hall–Kier alpha value is -2.01. The molecule has 1 aromatic heterocycles. The Morgan fingerprint density at radius 1 is 1.33 bits per heavy atom. The molecule has 0 bridgehead atoms. The zero-order chi connectivity index (χ0) is 15.2. The highest BCUT2D eigenvalue weighted by Crippen LogP contribution is 2.23. The second-order valence-electron chi connectivity index (χ2n) is 4.58.